The molecule has 1 aromatic carbocycles. The number of halogens is 2. The third kappa shape index (κ3) is 4.17. The van der Waals surface area contributed by atoms with Crippen LogP contribution >= 0.6 is 11.6 Å². The van der Waals surface area contributed by atoms with E-state index in [2.05, 4.69) is 21.5 Å². The molecule has 1 aliphatic heterocycles. The van der Waals surface area contributed by atoms with Crippen molar-refractivity contribution < 1.29 is 4.39 Å². The van der Waals surface area contributed by atoms with Gasteiger partial charge in [-0.15, -0.1) is 0 Å². The minimum Gasteiger partial charge on any atom is -0.353 e. The molecule has 2 fully saturated rings. The molecular formula is C21H27ClFN5. The van der Waals surface area contributed by atoms with Crippen LogP contribution in [0.15, 0.2) is 35.6 Å². The van der Waals surface area contributed by atoms with Crippen molar-refractivity contribution in [2.24, 2.45) is 18.0 Å². The van der Waals surface area contributed by atoms with Gasteiger partial charge in [0.1, 0.15) is 5.82 Å². The number of nitrogens with zero attached hydrogens (tertiary/aromatic N) is 4. The molecule has 1 N–H and O–H groups in total. The second kappa shape index (κ2) is 8.11. The van der Waals surface area contributed by atoms with Gasteiger partial charge in [0.05, 0.1) is 6.20 Å². The monoisotopic (exact) mass is 403 g/mol. The lowest BCUT2D eigenvalue weighted by Gasteiger charge is -2.22. The van der Waals surface area contributed by atoms with Crippen LogP contribution in [0.5, 0.6) is 0 Å². The molecule has 3 atom stereocenters. The van der Waals surface area contributed by atoms with Crippen LogP contribution in [0, 0.1) is 11.7 Å². The van der Waals surface area contributed by atoms with Crippen LogP contribution in [-0.4, -0.2) is 46.3 Å². The van der Waals surface area contributed by atoms with Crippen molar-refractivity contribution in [3.63, 3.8) is 0 Å². The van der Waals surface area contributed by atoms with Gasteiger partial charge >= 0.3 is 0 Å². The van der Waals surface area contributed by atoms with Crippen LogP contribution < -0.4 is 5.32 Å². The van der Waals surface area contributed by atoms with E-state index in [0.717, 1.165) is 44.9 Å². The molecule has 4 rings (SSSR count). The summed E-state index contributed by atoms with van der Waals surface area (Å²) >= 11 is 6.24. The fourth-order valence-corrected chi connectivity index (χ4v) is 4.50. The predicted molar refractivity (Wildman–Crippen MR) is 110 cm³/mol. The third-order valence-electron chi connectivity index (χ3n) is 5.65. The first-order chi connectivity index (χ1) is 13.5. The smallest absolute Gasteiger partial charge is 0.194 e. The van der Waals surface area contributed by atoms with E-state index in [1.54, 1.807) is 12.1 Å². The Labute approximate surface area is 170 Å². The highest BCUT2D eigenvalue weighted by Crippen LogP contribution is 2.45. The lowest BCUT2D eigenvalue weighted by molar-refractivity contribution is 0.457. The van der Waals surface area contributed by atoms with Crippen molar-refractivity contribution >= 4 is 17.6 Å². The van der Waals surface area contributed by atoms with Crippen molar-refractivity contribution in [1.82, 2.24) is 20.0 Å². The Morgan fingerprint density at radius 1 is 1.43 bits per heavy atom. The van der Waals surface area contributed by atoms with Gasteiger partial charge in [-0.1, -0.05) is 17.7 Å². The quantitative estimate of drug-likeness (QED) is 0.612. The second-order valence-corrected chi connectivity index (χ2v) is 8.26. The van der Waals surface area contributed by atoms with Crippen molar-refractivity contribution in [1.29, 1.82) is 0 Å². The molecule has 28 heavy (non-hydrogen) atoms. The maximum Gasteiger partial charge on any atom is 0.194 e. The number of benzene rings is 1. The van der Waals surface area contributed by atoms with Crippen LogP contribution in [0.3, 0.4) is 0 Å². The van der Waals surface area contributed by atoms with E-state index >= 15 is 0 Å². The van der Waals surface area contributed by atoms with E-state index in [1.807, 2.05) is 24.9 Å². The van der Waals surface area contributed by atoms with Gasteiger partial charge in [-0.25, -0.2) is 4.39 Å². The normalized spacial score (nSPS) is 24.6. The van der Waals surface area contributed by atoms with Crippen molar-refractivity contribution in [2.45, 2.75) is 38.1 Å². The minimum atomic E-state index is -0.214. The van der Waals surface area contributed by atoms with Crippen molar-refractivity contribution in [3.05, 3.63) is 52.6 Å². The van der Waals surface area contributed by atoms with E-state index in [0.29, 0.717) is 16.5 Å². The molecule has 150 valence electrons. The van der Waals surface area contributed by atoms with Crippen LogP contribution in [-0.2, 0) is 13.5 Å². The van der Waals surface area contributed by atoms with E-state index in [-0.39, 0.29) is 17.8 Å². The number of guanidine groups is 1. The Hall–Kier alpha value is -2.08. The third-order valence-corrected chi connectivity index (χ3v) is 5.98. The molecule has 5 nitrogen and oxygen atoms in total. The van der Waals surface area contributed by atoms with Gasteiger partial charge in [-0.2, -0.15) is 5.10 Å². The SMILES string of the molecule is CCN=C(NC1CC1c1c(F)cccc1Cl)N1CCC(Cc2cnn(C)c2)C1. The first-order valence-corrected chi connectivity index (χ1v) is 10.4. The largest absolute Gasteiger partial charge is 0.353 e. The molecule has 2 aromatic rings. The summed E-state index contributed by atoms with van der Waals surface area (Å²) in [5.74, 6) is 1.44. The number of hydrogen-bond acceptors (Lipinski definition) is 2. The van der Waals surface area contributed by atoms with Crippen molar-refractivity contribution in [3.8, 4) is 0 Å². The fourth-order valence-electron chi connectivity index (χ4n) is 4.19. The summed E-state index contributed by atoms with van der Waals surface area (Å²) in [6, 6.07) is 5.10. The number of aliphatic imine (C=N–C) groups is 1. The lowest BCUT2D eigenvalue weighted by atomic mass is 10.0. The summed E-state index contributed by atoms with van der Waals surface area (Å²) in [4.78, 5) is 7.03. The average molecular weight is 404 g/mol. The van der Waals surface area contributed by atoms with Crippen molar-refractivity contribution in [2.75, 3.05) is 19.6 Å². The maximum absolute atomic E-state index is 14.2. The molecule has 7 heteroatoms. The molecular weight excluding hydrogens is 377 g/mol. The molecule has 1 saturated carbocycles. The Bertz CT molecular complexity index is 844. The van der Waals surface area contributed by atoms with Crippen LogP contribution in [0.1, 0.15) is 36.8 Å². The zero-order valence-electron chi connectivity index (χ0n) is 16.4. The summed E-state index contributed by atoms with van der Waals surface area (Å²) < 4.78 is 16.1. The van der Waals surface area contributed by atoms with Gasteiger partial charge < -0.3 is 10.2 Å². The molecule has 0 radical (unpaired) electrons. The predicted octanol–water partition coefficient (Wildman–Crippen LogP) is 3.60. The van der Waals surface area contributed by atoms with E-state index in [4.69, 9.17) is 16.6 Å². The first-order valence-electron chi connectivity index (χ1n) is 10.0. The highest BCUT2D eigenvalue weighted by atomic mass is 35.5. The molecule has 1 saturated heterocycles. The van der Waals surface area contributed by atoms with Gasteiger partial charge in [-0.05, 0) is 49.8 Å². The summed E-state index contributed by atoms with van der Waals surface area (Å²) in [6.45, 7) is 4.75. The maximum atomic E-state index is 14.2. The summed E-state index contributed by atoms with van der Waals surface area (Å²) in [5.41, 5.74) is 1.92. The zero-order chi connectivity index (χ0) is 19.7. The van der Waals surface area contributed by atoms with E-state index < -0.39 is 0 Å². The fraction of sp³-hybridized carbons (Fsp3) is 0.524. The molecule has 1 aromatic heterocycles. The van der Waals surface area contributed by atoms with Crippen LogP contribution in [0.4, 0.5) is 4.39 Å². The van der Waals surface area contributed by atoms with E-state index in [1.165, 1.54) is 11.6 Å². The number of hydrogen-bond donors (Lipinski definition) is 1. The molecule has 2 aliphatic rings. The number of rotatable bonds is 5. The number of aryl methyl sites for hydroxylation is 1. The Kier molecular flexibility index (Phi) is 5.58. The standard InChI is InChI=1S/C21H27ClFN5/c1-3-24-21(26-19-10-16(19)20-17(22)5-4-6-18(20)23)28-8-7-14(13-28)9-15-11-25-27(2)12-15/h4-6,11-12,14,16,19H,3,7-10,13H2,1-2H3,(H,24,26). The van der Waals surface area contributed by atoms with Gasteiger partial charge in [-0.3, -0.25) is 9.67 Å². The second-order valence-electron chi connectivity index (χ2n) is 7.85. The minimum absolute atomic E-state index is 0.115. The molecule has 1 aliphatic carbocycles. The summed E-state index contributed by atoms with van der Waals surface area (Å²) in [7, 11) is 1.95. The van der Waals surface area contributed by atoms with E-state index in [9.17, 15) is 4.39 Å². The molecule has 3 unspecified atom stereocenters. The first kappa shape index (κ1) is 19.2. The Morgan fingerprint density at radius 2 is 2.29 bits per heavy atom. The van der Waals surface area contributed by atoms with Gasteiger partial charge in [0.25, 0.3) is 0 Å². The Morgan fingerprint density at radius 3 is 3.00 bits per heavy atom. The van der Waals surface area contributed by atoms with Gasteiger partial charge in [0.2, 0.25) is 0 Å². The zero-order valence-corrected chi connectivity index (χ0v) is 17.2. The summed E-state index contributed by atoms with van der Waals surface area (Å²) in [5, 5.41) is 8.34. The lowest BCUT2D eigenvalue weighted by Crippen LogP contribution is -2.41. The highest BCUT2D eigenvalue weighted by molar-refractivity contribution is 6.31. The van der Waals surface area contributed by atoms with Crippen LogP contribution in [0.2, 0.25) is 5.02 Å². The number of likely N-dealkylation sites (tertiary alicyclic amines) is 1. The number of aromatic nitrogens is 2. The molecule has 0 bridgehead atoms. The van der Waals surface area contributed by atoms with Gasteiger partial charge in [0, 0.05) is 55.4 Å². The Balaban J connectivity index is 1.37. The number of nitrogens with one attached hydrogen (secondary N) is 1. The topological polar surface area (TPSA) is 45.5 Å². The molecule has 0 amide bonds. The summed E-state index contributed by atoms with van der Waals surface area (Å²) in [6.07, 6.45) is 7.12. The van der Waals surface area contributed by atoms with Crippen LogP contribution in [0.25, 0.3) is 0 Å². The average Bonchev–Trinajstić information content (AvgIpc) is 3.04. The van der Waals surface area contributed by atoms with Gasteiger partial charge in [0.15, 0.2) is 5.96 Å². The molecule has 0 spiro atoms. The molecule has 2 heterocycles. The highest BCUT2D eigenvalue weighted by Gasteiger charge is 2.42.